The topological polar surface area (TPSA) is 102 Å². The first-order valence-corrected chi connectivity index (χ1v) is 11.3. The number of halogens is 1. The molecule has 0 bridgehead atoms. The third-order valence-electron chi connectivity index (χ3n) is 5.69. The van der Waals surface area contributed by atoms with Gasteiger partial charge in [-0.2, -0.15) is 0 Å². The van der Waals surface area contributed by atoms with Gasteiger partial charge in [-0.15, -0.1) is 0 Å². The summed E-state index contributed by atoms with van der Waals surface area (Å²) in [5.41, 5.74) is 0.666. The smallest absolute Gasteiger partial charge is 0.296 e. The molecule has 0 fully saturated rings. The van der Waals surface area contributed by atoms with E-state index in [1.165, 1.54) is 43.4 Å². The van der Waals surface area contributed by atoms with Gasteiger partial charge in [-0.3, -0.25) is 14.5 Å². The number of anilines is 1. The largest absolute Gasteiger partial charge is 0.503 e. The summed E-state index contributed by atoms with van der Waals surface area (Å²) in [6, 6.07) is 11.0. The molecular weight excluding hydrogens is 475 g/mol. The van der Waals surface area contributed by atoms with Crippen molar-refractivity contribution in [2.24, 2.45) is 0 Å². The molecule has 2 aromatic heterocycles. The third-order valence-corrected chi connectivity index (χ3v) is 6.71. The Labute approximate surface area is 202 Å². The van der Waals surface area contributed by atoms with Gasteiger partial charge in [0.1, 0.15) is 29.1 Å². The number of amides is 1. The second kappa shape index (κ2) is 8.55. The molecule has 2 aromatic carbocycles. The fourth-order valence-electron chi connectivity index (χ4n) is 4.06. The summed E-state index contributed by atoms with van der Waals surface area (Å²) in [5.74, 6) is -1.39. The maximum Gasteiger partial charge on any atom is 0.296 e. The molecular formula is C25H19FN2O6S. The molecule has 1 aliphatic heterocycles. The summed E-state index contributed by atoms with van der Waals surface area (Å²) in [7, 11) is 2.93. The zero-order valence-corrected chi connectivity index (χ0v) is 19.7. The second-order valence-electron chi connectivity index (χ2n) is 7.80. The van der Waals surface area contributed by atoms with Crippen LogP contribution >= 0.6 is 11.3 Å². The predicted octanol–water partition coefficient (Wildman–Crippen LogP) is 5.14. The molecule has 1 amide bonds. The van der Waals surface area contributed by atoms with Gasteiger partial charge >= 0.3 is 0 Å². The number of methoxy groups -OCH3 is 2. The maximum atomic E-state index is 13.8. The summed E-state index contributed by atoms with van der Waals surface area (Å²) in [5, 5.41) is 11.1. The van der Waals surface area contributed by atoms with E-state index in [2.05, 4.69) is 4.98 Å². The van der Waals surface area contributed by atoms with E-state index >= 15 is 0 Å². The van der Waals surface area contributed by atoms with Crippen LogP contribution in [0.25, 0.3) is 10.2 Å². The van der Waals surface area contributed by atoms with Crippen LogP contribution in [-0.4, -0.2) is 36.0 Å². The number of ether oxygens (including phenoxy) is 2. The first-order chi connectivity index (χ1) is 16.8. The van der Waals surface area contributed by atoms with Gasteiger partial charge in [0, 0.05) is 5.56 Å². The number of carbonyl (C=O) groups is 2. The lowest BCUT2D eigenvalue weighted by molar-refractivity contribution is -0.117. The van der Waals surface area contributed by atoms with Crippen molar-refractivity contribution < 1.29 is 33.0 Å². The van der Waals surface area contributed by atoms with Crippen LogP contribution in [0.2, 0.25) is 0 Å². The molecule has 1 aliphatic rings. The Hall–Kier alpha value is -4.18. The second-order valence-corrected chi connectivity index (χ2v) is 8.80. The number of aliphatic hydroxyl groups excluding tert-OH is 1. The minimum atomic E-state index is -1.11. The number of furan rings is 1. The predicted molar refractivity (Wildman–Crippen MR) is 127 cm³/mol. The van der Waals surface area contributed by atoms with Crippen molar-refractivity contribution in [1.29, 1.82) is 0 Å². The molecule has 35 heavy (non-hydrogen) atoms. The Morgan fingerprint density at radius 3 is 2.63 bits per heavy atom. The van der Waals surface area contributed by atoms with Crippen LogP contribution < -0.4 is 14.4 Å². The minimum absolute atomic E-state index is 0.0306. The summed E-state index contributed by atoms with van der Waals surface area (Å²) >= 11 is 1.06. The Morgan fingerprint density at radius 1 is 1.14 bits per heavy atom. The summed E-state index contributed by atoms with van der Waals surface area (Å²) in [6.07, 6.45) is 0. The highest BCUT2D eigenvalue weighted by molar-refractivity contribution is 7.22. The number of benzene rings is 2. The lowest BCUT2D eigenvalue weighted by Crippen LogP contribution is -2.31. The van der Waals surface area contributed by atoms with Crippen LogP contribution in [0.1, 0.15) is 27.9 Å². The van der Waals surface area contributed by atoms with Gasteiger partial charge in [0.25, 0.3) is 5.91 Å². The van der Waals surface area contributed by atoms with Gasteiger partial charge in [0.2, 0.25) is 5.78 Å². The number of hydrogen-bond donors (Lipinski definition) is 1. The van der Waals surface area contributed by atoms with E-state index in [4.69, 9.17) is 13.9 Å². The molecule has 0 unspecified atom stereocenters. The van der Waals surface area contributed by atoms with Crippen molar-refractivity contribution >= 4 is 38.4 Å². The van der Waals surface area contributed by atoms with Crippen LogP contribution in [-0.2, 0) is 4.79 Å². The fraction of sp³-hybridized carbons (Fsp3) is 0.160. The van der Waals surface area contributed by atoms with Crippen molar-refractivity contribution in [2.75, 3.05) is 19.1 Å². The molecule has 0 saturated heterocycles. The number of Topliss-reactive ketones (excluding diaryl/α,β-unsaturated/α-hetero) is 1. The van der Waals surface area contributed by atoms with Crippen molar-refractivity contribution in [3.8, 4) is 11.5 Å². The molecule has 8 nitrogen and oxygen atoms in total. The van der Waals surface area contributed by atoms with Crippen LogP contribution in [0.3, 0.4) is 0 Å². The Bertz CT molecular complexity index is 1520. The summed E-state index contributed by atoms with van der Waals surface area (Å²) in [4.78, 5) is 32.6. The highest BCUT2D eigenvalue weighted by Crippen LogP contribution is 2.47. The zero-order valence-electron chi connectivity index (χ0n) is 18.9. The van der Waals surface area contributed by atoms with Crippen LogP contribution in [0, 0.1) is 12.7 Å². The van der Waals surface area contributed by atoms with Crippen molar-refractivity contribution in [1.82, 2.24) is 4.98 Å². The zero-order chi connectivity index (χ0) is 24.9. The van der Waals surface area contributed by atoms with Gasteiger partial charge < -0.3 is 19.0 Å². The molecule has 0 spiro atoms. The van der Waals surface area contributed by atoms with Gasteiger partial charge in [-0.1, -0.05) is 11.3 Å². The molecule has 178 valence electrons. The molecule has 1 N–H and O–H groups in total. The van der Waals surface area contributed by atoms with E-state index in [0.717, 1.165) is 11.3 Å². The van der Waals surface area contributed by atoms with Crippen LogP contribution in [0.5, 0.6) is 11.5 Å². The average molecular weight is 495 g/mol. The molecule has 0 radical (unpaired) electrons. The first kappa shape index (κ1) is 22.6. The number of rotatable bonds is 6. The number of fused-ring (bicyclic) bond motifs is 1. The Morgan fingerprint density at radius 2 is 1.94 bits per heavy atom. The highest BCUT2D eigenvalue weighted by Gasteiger charge is 2.47. The lowest BCUT2D eigenvalue weighted by atomic mass is 9.94. The number of ketones is 1. The van der Waals surface area contributed by atoms with E-state index in [0.29, 0.717) is 33.0 Å². The SMILES string of the molecule is COc1ccc(OC)c([C@@H]2C(C(=O)c3ccc(C)o3)=C(O)C(=O)N2c2nc3ccc(F)cc3s2)c1. The minimum Gasteiger partial charge on any atom is -0.503 e. The standard InChI is InChI=1S/C25H19FN2O6S/c1-12-4-8-18(34-12)22(29)20-21(15-11-14(32-2)6-9-17(15)33-3)28(24(31)23(20)30)25-27-16-7-5-13(26)10-19(16)35-25/h4-11,21,30H,1-3H3/t21-/m1/s1. The molecule has 4 aromatic rings. The lowest BCUT2D eigenvalue weighted by Gasteiger charge is -2.26. The van der Waals surface area contributed by atoms with Crippen LogP contribution in [0.4, 0.5) is 9.52 Å². The molecule has 0 saturated carbocycles. The normalized spacial score (nSPS) is 15.8. The van der Waals surface area contributed by atoms with Gasteiger partial charge in [-0.25, -0.2) is 9.37 Å². The fourth-order valence-corrected chi connectivity index (χ4v) is 5.08. The van der Waals surface area contributed by atoms with Crippen molar-refractivity contribution in [3.05, 3.63) is 82.8 Å². The summed E-state index contributed by atoms with van der Waals surface area (Å²) in [6.45, 7) is 1.68. The highest BCUT2D eigenvalue weighted by atomic mass is 32.1. The van der Waals surface area contributed by atoms with E-state index in [1.807, 2.05) is 0 Å². The number of thiazole rings is 1. The molecule has 10 heteroatoms. The molecule has 3 heterocycles. The third kappa shape index (κ3) is 3.71. The molecule has 1 atom stereocenters. The quantitative estimate of drug-likeness (QED) is 0.371. The van der Waals surface area contributed by atoms with Gasteiger partial charge in [-0.05, 0) is 55.5 Å². The first-order valence-electron chi connectivity index (χ1n) is 10.5. The molecule has 0 aliphatic carbocycles. The number of hydrogen-bond acceptors (Lipinski definition) is 8. The van der Waals surface area contributed by atoms with E-state index in [-0.39, 0.29) is 16.5 Å². The van der Waals surface area contributed by atoms with Crippen LogP contribution in [0.15, 0.2) is 64.3 Å². The van der Waals surface area contributed by atoms with Gasteiger partial charge in [0.15, 0.2) is 16.7 Å². The van der Waals surface area contributed by atoms with Crippen molar-refractivity contribution in [2.45, 2.75) is 13.0 Å². The number of aliphatic hydroxyl groups is 1. The van der Waals surface area contributed by atoms with Gasteiger partial charge in [0.05, 0.1) is 30.0 Å². The number of carbonyl (C=O) groups excluding carboxylic acids is 2. The van der Waals surface area contributed by atoms with E-state index in [9.17, 15) is 19.1 Å². The number of nitrogens with zero attached hydrogens (tertiary/aromatic N) is 2. The summed E-state index contributed by atoms with van der Waals surface area (Å²) < 4.78 is 30.7. The number of aryl methyl sites for hydroxylation is 1. The monoisotopic (exact) mass is 494 g/mol. The Kier molecular flexibility index (Phi) is 5.52. The van der Waals surface area contributed by atoms with E-state index in [1.54, 1.807) is 31.2 Å². The number of aromatic nitrogens is 1. The maximum absolute atomic E-state index is 13.8. The van der Waals surface area contributed by atoms with E-state index < -0.39 is 29.3 Å². The average Bonchev–Trinajstić information content (AvgIpc) is 3.54. The van der Waals surface area contributed by atoms with Crippen molar-refractivity contribution in [3.63, 3.8) is 0 Å². The molecule has 5 rings (SSSR count). The Balaban J connectivity index is 1.74.